The predicted octanol–water partition coefficient (Wildman–Crippen LogP) is 4.42. The minimum atomic E-state index is -1.25. The van der Waals surface area contributed by atoms with Crippen LogP contribution in [-0.2, 0) is 9.53 Å². The number of fused-ring (bicyclic) bond motifs is 1. The molecule has 8 heteroatoms. The lowest BCUT2D eigenvalue weighted by Crippen LogP contribution is -2.27. The van der Waals surface area contributed by atoms with Crippen molar-refractivity contribution in [2.45, 2.75) is 13.0 Å². The fraction of sp³-hybridized carbons (Fsp3) is 0.0833. The molecule has 0 aliphatic rings. The lowest BCUT2D eigenvalue weighted by molar-refractivity contribution is -0.125. The van der Waals surface area contributed by atoms with Gasteiger partial charge < -0.3 is 10.1 Å². The van der Waals surface area contributed by atoms with Crippen LogP contribution in [0.4, 0.5) is 5.69 Å². The summed E-state index contributed by atoms with van der Waals surface area (Å²) in [6.07, 6.45) is -1.25. The van der Waals surface area contributed by atoms with E-state index in [2.05, 4.69) is 15.5 Å². The van der Waals surface area contributed by atoms with E-state index in [9.17, 15) is 14.4 Å². The molecule has 0 fully saturated rings. The number of nitrogens with zero attached hydrogens (tertiary/aromatic N) is 1. The smallest absolute Gasteiger partial charge is 0.360 e. The molecular formula is C24H18ClN3O4. The van der Waals surface area contributed by atoms with Crippen molar-refractivity contribution in [1.82, 2.24) is 10.2 Å². The summed E-state index contributed by atoms with van der Waals surface area (Å²) in [5.74, 6) is -1.40. The maximum atomic E-state index is 13.1. The lowest BCUT2D eigenvalue weighted by atomic mass is 10.1. The molecular weight excluding hydrogens is 430 g/mol. The molecule has 4 aromatic rings. The zero-order valence-corrected chi connectivity index (χ0v) is 17.7. The molecule has 0 radical (unpaired) electrons. The normalized spacial score (nSPS) is 11.7. The maximum Gasteiger partial charge on any atom is 0.360 e. The summed E-state index contributed by atoms with van der Waals surface area (Å²) in [6, 6.07) is 20.3. The van der Waals surface area contributed by atoms with Gasteiger partial charge in [0.1, 0.15) is 0 Å². The SMILES string of the molecule is Cc1ccc(NC(=O)C(OC(=O)c2n[nH]c(=O)c3ccccc23)c2ccccc2)cc1Cl. The molecule has 1 aromatic heterocycles. The van der Waals surface area contributed by atoms with Gasteiger partial charge in [-0.1, -0.05) is 66.2 Å². The minimum Gasteiger partial charge on any atom is -0.442 e. The van der Waals surface area contributed by atoms with Gasteiger partial charge >= 0.3 is 5.97 Å². The standard InChI is InChI=1S/C24H18ClN3O4/c1-14-11-12-16(13-19(14)25)26-23(30)21(15-7-3-2-4-8-15)32-24(31)20-17-9-5-6-10-18(17)22(29)28-27-20/h2-13,21H,1H3,(H,26,30)(H,28,29). The van der Waals surface area contributed by atoms with E-state index in [1.807, 2.05) is 6.92 Å². The Hall–Kier alpha value is -3.97. The fourth-order valence-electron chi connectivity index (χ4n) is 3.21. The van der Waals surface area contributed by atoms with Crippen LogP contribution >= 0.6 is 11.6 Å². The van der Waals surface area contributed by atoms with Gasteiger partial charge in [-0.15, -0.1) is 0 Å². The summed E-state index contributed by atoms with van der Waals surface area (Å²) in [5, 5.41) is 10.0. The zero-order chi connectivity index (χ0) is 22.7. The van der Waals surface area contributed by atoms with Gasteiger partial charge in [0.05, 0.1) is 5.39 Å². The van der Waals surface area contributed by atoms with Crippen LogP contribution in [0.5, 0.6) is 0 Å². The van der Waals surface area contributed by atoms with E-state index in [0.717, 1.165) is 5.56 Å². The van der Waals surface area contributed by atoms with E-state index >= 15 is 0 Å². The summed E-state index contributed by atoms with van der Waals surface area (Å²) in [4.78, 5) is 38.1. The highest BCUT2D eigenvalue weighted by Gasteiger charge is 2.27. The molecule has 1 unspecified atom stereocenters. The molecule has 7 nitrogen and oxygen atoms in total. The minimum absolute atomic E-state index is 0.0905. The highest BCUT2D eigenvalue weighted by atomic mass is 35.5. The number of carbonyl (C=O) groups excluding carboxylic acids is 2. The molecule has 3 aromatic carbocycles. The Kier molecular flexibility index (Phi) is 6.00. The number of nitrogens with one attached hydrogen (secondary N) is 2. The van der Waals surface area contributed by atoms with Gasteiger partial charge in [0.25, 0.3) is 11.5 Å². The number of anilines is 1. The van der Waals surface area contributed by atoms with Crippen molar-refractivity contribution in [3.05, 3.63) is 105 Å². The molecule has 0 saturated carbocycles. The first-order valence-electron chi connectivity index (χ1n) is 9.74. The Labute approximate surface area is 188 Å². The van der Waals surface area contributed by atoms with Gasteiger partial charge in [-0.05, 0) is 30.7 Å². The van der Waals surface area contributed by atoms with Crippen molar-refractivity contribution < 1.29 is 14.3 Å². The summed E-state index contributed by atoms with van der Waals surface area (Å²) < 4.78 is 5.59. The third kappa shape index (κ3) is 4.38. The van der Waals surface area contributed by atoms with Crippen LogP contribution in [0.25, 0.3) is 10.8 Å². The molecule has 160 valence electrons. The molecule has 0 bridgehead atoms. The first-order chi connectivity index (χ1) is 15.4. The Morgan fingerprint density at radius 1 is 1.00 bits per heavy atom. The van der Waals surface area contributed by atoms with Crippen LogP contribution in [0.15, 0.2) is 77.6 Å². The van der Waals surface area contributed by atoms with Crippen molar-refractivity contribution in [1.29, 1.82) is 0 Å². The number of benzene rings is 3. The Balaban J connectivity index is 1.67. The van der Waals surface area contributed by atoms with Crippen molar-refractivity contribution >= 4 is 39.9 Å². The predicted molar refractivity (Wildman–Crippen MR) is 122 cm³/mol. The number of amides is 1. The number of aromatic nitrogens is 2. The number of esters is 1. The molecule has 0 aliphatic carbocycles. The van der Waals surface area contributed by atoms with Gasteiger partial charge in [-0.3, -0.25) is 9.59 Å². The Morgan fingerprint density at radius 2 is 1.69 bits per heavy atom. The lowest BCUT2D eigenvalue weighted by Gasteiger charge is -2.18. The van der Waals surface area contributed by atoms with Crippen LogP contribution in [0.2, 0.25) is 5.02 Å². The monoisotopic (exact) mass is 447 g/mol. The van der Waals surface area contributed by atoms with Crippen LogP contribution in [0.1, 0.15) is 27.7 Å². The molecule has 0 saturated heterocycles. The fourth-order valence-corrected chi connectivity index (χ4v) is 3.39. The molecule has 4 rings (SSSR count). The Bertz CT molecular complexity index is 1370. The van der Waals surface area contributed by atoms with Gasteiger partial charge in [-0.2, -0.15) is 5.10 Å². The third-order valence-corrected chi connectivity index (χ3v) is 5.30. The van der Waals surface area contributed by atoms with E-state index in [1.165, 1.54) is 0 Å². The highest BCUT2D eigenvalue weighted by Crippen LogP contribution is 2.25. The van der Waals surface area contributed by atoms with Crippen LogP contribution in [0.3, 0.4) is 0 Å². The Morgan fingerprint density at radius 3 is 2.41 bits per heavy atom. The molecule has 0 aliphatic heterocycles. The molecule has 0 spiro atoms. The molecule has 1 atom stereocenters. The second-order valence-corrected chi connectivity index (χ2v) is 7.50. The van der Waals surface area contributed by atoms with Gasteiger partial charge in [0.2, 0.25) is 6.10 Å². The molecule has 1 amide bonds. The number of H-pyrrole nitrogens is 1. The van der Waals surface area contributed by atoms with Gasteiger partial charge in [0, 0.05) is 21.7 Å². The van der Waals surface area contributed by atoms with Crippen molar-refractivity contribution in [3.63, 3.8) is 0 Å². The van der Waals surface area contributed by atoms with E-state index in [1.54, 1.807) is 72.8 Å². The summed E-state index contributed by atoms with van der Waals surface area (Å²) in [5.41, 5.74) is 1.30. The van der Waals surface area contributed by atoms with E-state index < -0.39 is 23.5 Å². The van der Waals surface area contributed by atoms with E-state index in [0.29, 0.717) is 27.0 Å². The van der Waals surface area contributed by atoms with Crippen molar-refractivity contribution in [2.75, 3.05) is 5.32 Å². The average molecular weight is 448 g/mol. The first kappa shape index (κ1) is 21.3. The molecule has 32 heavy (non-hydrogen) atoms. The van der Waals surface area contributed by atoms with Gasteiger partial charge in [0.15, 0.2) is 5.69 Å². The number of carbonyl (C=O) groups is 2. The molecule has 2 N–H and O–H groups in total. The van der Waals surface area contributed by atoms with Crippen LogP contribution in [0, 0.1) is 6.92 Å². The second-order valence-electron chi connectivity index (χ2n) is 7.10. The van der Waals surface area contributed by atoms with Crippen molar-refractivity contribution in [3.8, 4) is 0 Å². The maximum absolute atomic E-state index is 13.1. The van der Waals surface area contributed by atoms with E-state index in [4.69, 9.17) is 16.3 Å². The number of halogens is 1. The van der Waals surface area contributed by atoms with Crippen molar-refractivity contribution in [2.24, 2.45) is 0 Å². The van der Waals surface area contributed by atoms with Crippen LogP contribution in [-0.4, -0.2) is 22.1 Å². The van der Waals surface area contributed by atoms with Crippen LogP contribution < -0.4 is 10.9 Å². The topological polar surface area (TPSA) is 101 Å². The van der Waals surface area contributed by atoms with Gasteiger partial charge in [-0.25, -0.2) is 9.89 Å². The second kappa shape index (κ2) is 9.03. The number of aryl methyl sites for hydroxylation is 1. The van der Waals surface area contributed by atoms with E-state index in [-0.39, 0.29) is 5.69 Å². The number of aromatic amines is 1. The third-order valence-electron chi connectivity index (χ3n) is 4.89. The first-order valence-corrected chi connectivity index (χ1v) is 10.1. The summed E-state index contributed by atoms with van der Waals surface area (Å²) in [7, 11) is 0. The average Bonchev–Trinajstić information content (AvgIpc) is 2.80. The largest absolute Gasteiger partial charge is 0.442 e. The quantitative estimate of drug-likeness (QED) is 0.441. The number of hydrogen-bond donors (Lipinski definition) is 2. The highest BCUT2D eigenvalue weighted by molar-refractivity contribution is 6.31. The number of hydrogen-bond acceptors (Lipinski definition) is 5. The number of rotatable bonds is 5. The summed E-state index contributed by atoms with van der Waals surface area (Å²) in [6.45, 7) is 1.85. The number of ether oxygens (including phenoxy) is 1. The molecule has 1 heterocycles. The zero-order valence-electron chi connectivity index (χ0n) is 17.0. The summed E-state index contributed by atoms with van der Waals surface area (Å²) >= 11 is 6.15.